The Balaban J connectivity index is 1.78. The summed E-state index contributed by atoms with van der Waals surface area (Å²) in [6.07, 6.45) is 3.34. The lowest BCUT2D eigenvalue weighted by molar-refractivity contribution is -0.121. The van der Waals surface area contributed by atoms with Gasteiger partial charge in [0.05, 0.1) is 5.56 Å². The topological polar surface area (TPSA) is 53.2 Å². The number of benzene rings is 1. The van der Waals surface area contributed by atoms with E-state index in [1.54, 1.807) is 13.1 Å². The fourth-order valence-electron chi connectivity index (χ4n) is 2.91. The number of nitrogens with zero attached hydrogens (tertiary/aromatic N) is 1. The summed E-state index contributed by atoms with van der Waals surface area (Å²) < 4.78 is 0. The highest BCUT2D eigenvalue weighted by Gasteiger charge is 2.26. The minimum absolute atomic E-state index is 0.0597. The highest BCUT2D eigenvalue weighted by Crippen LogP contribution is 2.23. The summed E-state index contributed by atoms with van der Waals surface area (Å²) in [7, 11) is 0. The van der Waals surface area contributed by atoms with Crippen molar-refractivity contribution in [3.8, 4) is 0 Å². The number of likely N-dealkylation sites (tertiary alicyclic amines) is 1. The van der Waals surface area contributed by atoms with Gasteiger partial charge in [-0.2, -0.15) is 0 Å². The maximum atomic E-state index is 12.6. The van der Waals surface area contributed by atoms with E-state index in [2.05, 4.69) is 4.98 Å². The highest BCUT2D eigenvalue weighted by molar-refractivity contribution is 6.06. The van der Waals surface area contributed by atoms with Gasteiger partial charge in [0.1, 0.15) is 5.78 Å². The molecule has 4 heteroatoms. The van der Waals surface area contributed by atoms with Gasteiger partial charge in [0.2, 0.25) is 0 Å². The molecular formula is C16H18N2O2. The fraction of sp³-hybridized carbons (Fsp3) is 0.375. The van der Waals surface area contributed by atoms with Crippen molar-refractivity contribution in [3.63, 3.8) is 0 Å². The molecule has 2 aromatic rings. The number of hydrogen-bond donors (Lipinski definition) is 1. The molecule has 0 bridgehead atoms. The molecule has 1 aliphatic heterocycles. The van der Waals surface area contributed by atoms with Crippen LogP contribution in [0.25, 0.3) is 10.9 Å². The summed E-state index contributed by atoms with van der Waals surface area (Å²) in [5, 5.41) is 0.964. The number of aromatic amines is 1. The van der Waals surface area contributed by atoms with Gasteiger partial charge in [-0.1, -0.05) is 18.2 Å². The van der Waals surface area contributed by atoms with E-state index in [4.69, 9.17) is 0 Å². The number of carbonyl (C=O) groups excluding carboxylic acids is 2. The van der Waals surface area contributed by atoms with Crippen LogP contribution in [0.5, 0.6) is 0 Å². The zero-order valence-corrected chi connectivity index (χ0v) is 11.6. The van der Waals surface area contributed by atoms with E-state index in [1.165, 1.54) is 0 Å². The first kappa shape index (κ1) is 12.9. The number of H-pyrrole nitrogens is 1. The summed E-state index contributed by atoms with van der Waals surface area (Å²) in [6, 6.07) is 7.82. The first-order valence-electron chi connectivity index (χ1n) is 7.02. The molecular weight excluding hydrogens is 252 g/mol. The van der Waals surface area contributed by atoms with Crippen molar-refractivity contribution in [2.24, 2.45) is 5.92 Å². The van der Waals surface area contributed by atoms with Crippen LogP contribution in [0, 0.1) is 5.92 Å². The van der Waals surface area contributed by atoms with Gasteiger partial charge in [-0.25, -0.2) is 0 Å². The Labute approximate surface area is 117 Å². The fourth-order valence-corrected chi connectivity index (χ4v) is 2.91. The third kappa shape index (κ3) is 2.22. The maximum absolute atomic E-state index is 12.6. The highest BCUT2D eigenvalue weighted by atomic mass is 16.2. The number of rotatable bonds is 2. The van der Waals surface area contributed by atoms with E-state index in [-0.39, 0.29) is 17.6 Å². The second-order valence-electron chi connectivity index (χ2n) is 5.43. The number of aromatic nitrogens is 1. The van der Waals surface area contributed by atoms with Crippen LogP contribution in [0.3, 0.4) is 0 Å². The summed E-state index contributed by atoms with van der Waals surface area (Å²) >= 11 is 0. The Hall–Kier alpha value is -2.10. The Morgan fingerprint density at radius 1 is 1.20 bits per heavy atom. The quantitative estimate of drug-likeness (QED) is 0.912. The predicted molar refractivity (Wildman–Crippen MR) is 77.6 cm³/mol. The van der Waals surface area contributed by atoms with Crippen LogP contribution in [-0.2, 0) is 4.79 Å². The van der Waals surface area contributed by atoms with Gasteiger partial charge in [0, 0.05) is 36.1 Å². The molecule has 0 spiro atoms. The van der Waals surface area contributed by atoms with Gasteiger partial charge < -0.3 is 9.88 Å². The summed E-state index contributed by atoms with van der Waals surface area (Å²) in [5.41, 5.74) is 1.70. The molecule has 0 unspecified atom stereocenters. The van der Waals surface area contributed by atoms with Gasteiger partial charge in [0.25, 0.3) is 5.91 Å². The predicted octanol–water partition coefficient (Wildman–Crippen LogP) is 2.61. The summed E-state index contributed by atoms with van der Waals surface area (Å²) in [4.78, 5) is 28.9. The first-order valence-corrected chi connectivity index (χ1v) is 7.02. The molecule has 20 heavy (non-hydrogen) atoms. The van der Waals surface area contributed by atoms with Gasteiger partial charge in [-0.3, -0.25) is 9.59 Å². The number of fused-ring (bicyclic) bond motifs is 1. The number of Topliss-reactive ketones (excluding diaryl/α,β-unsaturated/α-hetero) is 1. The lowest BCUT2D eigenvalue weighted by atomic mass is 9.93. The minimum Gasteiger partial charge on any atom is -0.360 e. The number of ketones is 1. The van der Waals surface area contributed by atoms with E-state index in [9.17, 15) is 9.59 Å². The van der Waals surface area contributed by atoms with E-state index < -0.39 is 0 Å². The van der Waals surface area contributed by atoms with Crippen molar-refractivity contribution in [1.29, 1.82) is 0 Å². The SMILES string of the molecule is CC(=O)C1CCN(C(=O)c2c[nH]c3ccccc23)CC1. The Morgan fingerprint density at radius 3 is 2.60 bits per heavy atom. The van der Waals surface area contributed by atoms with Gasteiger partial charge in [0.15, 0.2) is 0 Å². The third-order valence-corrected chi connectivity index (χ3v) is 4.18. The normalized spacial score (nSPS) is 16.6. The monoisotopic (exact) mass is 270 g/mol. The average molecular weight is 270 g/mol. The number of carbonyl (C=O) groups is 2. The van der Waals surface area contributed by atoms with Crippen molar-refractivity contribution in [1.82, 2.24) is 9.88 Å². The molecule has 0 aliphatic carbocycles. The molecule has 1 fully saturated rings. The van der Waals surface area contributed by atoms with Gasteiger partial charge in [-0.15, -0.1) is 0 Å². The third-order valence-electron chi connectivity index (χ3n) is 4.18. The van der Waals surface area contributed by atoms with Crippen LogP contribution in [-0.4, -0.2) is 34.7 Å². The first-order chi connectivity index (χ1) is 9.66. The molecule has 1 N–H and O–H groups in total. The Morgan fingerprint density at radius 2 is 1.90 bits per heavy atom. The van der Waals surface area contributed by atoms with Crippen LogP contribution in [0.2, 0.25) is 0 Å². The largest absolute Gasteiger partial charge is 0.360 e. The van der Waals surface area contributed by atoms with Crippen molar-refractivity contribution >= 4 is 22.6 Å². The molecule has 1 aliphatic rings. The van der Waals surface area contributed by atoms with Crippen molar-refractivity contribution in [2.45, 2.75) is 19.8 Å². The van der Waals surface area contributed by atoms with Crippen LogP contribution in [0.1, 0.15) is 30.1 Å². The molecule has 3 rings (SSSR count). The van der Waals surface area contributed by atoms with E-state index in [0.717, 1.165) is 29.3 Å². The number of nitrogens with one attached hydrogen (secondary N) is 1. The Kier molecular flexibility index (Phi) is 3.30. The zero-order chi connectivity index (χ0) is 14.1. The van der Waals surface area contributed by atoms with Crippen molar-refractivity contribution in [3.05, 3.63) is 36.0 Å². The lowest BCUT2D eigenvalue weighted by Crippen LogP contribution is -2.39. The van der Waals surface area contributed by atoms with Crippen LogP contribution >= 0.6 is 0 Å². The number of piperidine rings is 1. The Bertz CT molecular complexity index is 651. The molecule has 1 amide bonds. The standard InChI is InChI=1S/C16H18N2O2/c1-11(19)12-6-8-18(9-7-12)16(20)14-10-17-15-5-3-2-4-13(14)15/h2-5,10,12,17H,6-9H2,1H3. The van der Waals surface area contributed by atoms with Crippen LogP contribution in [0.4, 0.5) is 0 Å². The summed E-state index contributed by atoms with van der Waals surface area (Å²) in [6.45, 7) is 2.98. The van der Waals surface area contributed by atoms with Crippen molar-refractivity contribution in [2.75, 3.05) is 13.1 Å². The number of para-hydroxylation sites is 1. The van der Waals surface area contributed by atoms with Gasteiger partial charge >= 0.3 is 0 Å². The second kappa shape index (κ2) is 5.12. The molecule has 1 saturated heterocycles. The van der Waals surface area contributed by atoms with Gasteiger partial charge in [-0.05, 0) is 25.8 Å². The molecule has 0 saturated carbocycles. The molecule has 2 heterocycles. The lowest BCUT2D eigenvalue weighted by Gasteiger charge is -2.30. The molecule has 1 aromatic carbocycles. The number of hydrogen-bond acceptors (Lipinski definition) is 2. The van der Waals surface area contributed by atoms with E-state index in [1.807, 2.05) is 29.2 Å². The average Bonchev–Trinajstić information content (AvgIpc) is 2.90. The minimum atomic E-state index is 0.0597. The number of amides is 1. The zero-order valence-electron chi connectivity index (χ0n) is 11.6. The molecule has 1 aromatic heterocycles. The second-order valence-corrected chi connectivity index (χ2v) is 5.43. The van der Waals surface area contributed by atoms with Crippen molar-refractivity contribution < 1.29 is 9.59 Å². The molecule has 4 nitrogen and oxygen atoms in total. The summed E-state index contributed by atoms with van der Waals surface area (Å²) in [5.74, 6) is 0.427. The molecule has 0 atom stereocenters. The van der Waals surface area contributed by atoms with E-state index >= 15 is 0 Å². The van der Waals surface area contributed by atoms with Crippen LogP contribution < -0.4 is 0 Å². The maximum Gasteiger partial charge on any atom is 0.256 e. The molecule has 0 radical (unpaired) electrons. The smallest absolute Gasteiger partial charge is 0.256 e. The molecule has 104 valence electrons. The van der Waals surface area contributed by atoms with E-state index in [0.29, 0.717) is 13.1 Å². The van der Waals surface area contributed by atoms with Crippen LogP contribution in [0.15, 0.2) is 30.5 Å².